The summed E-state index contributed by atoms with van der Waals surface area (Å²) in [5.74, 6) is 1.14. The van der Waals surface area contributed by atoms with Gasteiger partial charge < -0.3 is 9.64 Å². The first kappa shape index (κ1) is 15.6. The van der Waals surface area contributed by atoms with Gasteiger partial charge in [-0.1, -0.05) is 30.3 Å². The van der Waals surface area contributed by atoms with Crippen molar-refractivity contribution >= 4 is 17.7 Å². The van der Waals surface area contributed by atoms with E-state index in [4.69, 9.17) is 4.74 Å². The molecule has 124 valence electrons. The van der Waals surface area contributed by atoms with Crippen LogP contribution in [0.5, 0.6) is 5.75 Å². The minimum atomic E-state index is 0.0219. The predicted octanol–water partition coefficient (Wildman–Crippen LogP) is 4.08. The third-order valence-corrected chi connectivity index (χ3v) is 6.24. The summed E-state index contributed by atoms with van der Waals surface area (Å²) in [4.78, 5) is 16.5. The molecule has 1 amide bonds. The number of hydrogen-bond acceptors (Lipinski definition) is 3. The number of thioether (sulfide) groups is 1. The molecular formula is C20H21NO2S. The van der Waals surface area contributed by atoms with Crippen LogP contribution in [0.2, 0.25) is 0 Å². The summed E-state index contributed by atoms with van der Waals surface area (Å²) in [5.41, 5.74) is 2.48. The largest absolute Gasteiger partial charge is 0.497 e. The van der Waals surface area contributed by atoms with Crippen LogP contribution in [-0.2, 0) is 11.2 Å². The van der Waals surface area contributed by atoms with Gasteiger partial charge in [0.2, 0.25) is 5.91 Å². The van der Waals surface area contributed by atoms with Gasteiger partial charge in [-0.2, -0.15) is 0 Å². The number of fused-ring (bicyclic) bond motifs is 1. The fourth-order valence-electron chi connectivity index (χ4n) is 3.73. The Morgan fingerprint density at radius 1 is 1.21 bits per heavy atom. The summed E-state index contributed by atoms with van der Waals surface area (Å²) < 4.78 is 5.34. The van der Waals surface area contributed by atoms with Crippen molar-refractivity contribution in [2.75, 3.05) is 13.7 Å². The summed E-state index contributed by atoms with van der Waals surface area (Å²) in [6, 6.07) is 16.7. The highest BCUT2D eigenvalue weighted by Crippen LogP contribution is 2.41. The van der Waals surface area contributed by atoms with E-state index < -0.39 is 0 Å². The van der Waals surface area contributed by atoms with E-state index in [1.807, 2.05) is 18.2 Å². The number of carbonyl (C=O) groups excluding carboxylic acids is 1. The lowest BCUT2D eigenvalue weighted by Gasteiger charge is -2.27. The molecule has 0 spiro atoms. The van der Waals surface area contributed by atoms with Crippen molar-refractivity contribution in [2.45, 2.75) is 35.4 Å². The lowest BCUT2D eigenvalue weighted by atomic mass is 10.0. The van der Waals surface area contributed by atoms with Crippen LogP contribution < -0.4 is 4.74 Å². The maximum absolute atomic E-state index is 13.1. The van der Waals surface area contributed by atoms with Gasteiger partial charge in [0.05, 0.1) is 18.4 Å². The molecule has 0 bridgehead atoms. The molecule has 1 fully saturated rings. The zero-order chi connectivity index (χ0) is 16.5. The molecule has 0 aliphatic carbocycles. The molecule has 2 heterocycles. The molecule has 0 unspecified atom stereocenters. The number of benzene rings is 2. The van der Waals surface area contributed by atoms with E-state index in [-0.39, 0.29) is 17.2 Å². The average Bonchev–Trinajstić information content (AvgIpc) is 3.28. The molecule has 2 aliphatic rings. The Morgan fingerprint density at radius 2 is 2.08 bits per heavy atom. The monoisotopic (exact) mass is 339 g/mol. The molecule has 2 aromatic carbocycles. The van der Waals surface area contributed by atoms with Crippen LogP contribution >= 0.6 is 11.8 Å². The molecule has 1 saturated heterocycles. The van der Waals surface area contributed by atoms with Gasteiger partial charge in [0, 0.05) is 11.4 Å². The standard InChI is InChI=1S/C20H21NO2S/c1-23-16-8-4-7-14(12-16)17-9-5-11-21(17)20(22)19-13-15-6-2-3-10-18(15)24-19/h2-4,6-8,10,12,17,19H,5,9,11,13H2,1H3/t17-,19-/m0/s1. The van der Waals surface area contributed by atoms with Crippen molar-refractivity contribution in [3.05, 3.63) is 59.7 Å². The summed E-state index contributed by atoms with van der Waals surface area (Å²) in [5, 5.41) is 0.0219. The SMILES string of the molecule is COc1cccc([C@@H]2CCCN2C(=O)[C@@H]2Cc3ccccc3S2)c1. The average molecular weight is 339 g/mol. The molecule has 2 aliphatic heterocycles. The number of ether oxygens (including phenoxy) is 1. The van der Waals surface area contributed by atoms with Gasteiger partial charge in [-0.05, 0) is 48.6 Å². The Labute approximate surface area is 147 Å². The first-order valence-corrected chi connectivity index (χ1v) is 9.33. The number of hydrogen-bond donors (Lipinski definition) is 0. The number of amides is 1. The van der Waals surface area contributed by atoms with Gasteiger partial charge >= 0.3 is 0 Å². The molecular weight excluding hydrogens is 318 g/mol. The first-order valence-electron chi connectivity index (χ1n) is 8.45. The van der Waals surface area contributed by atoms with Crippen LogP contribution in [0, 0.1) is 0 Å². The van der Waals surface area contributed by atoms with Crippen LogP contribution in [0.25, 0.3) is 0 Å². The maximum Gasteiger partial charge on any atom is 0.236 e. The van der Waals surface area contributed by atoms with Gasteiger partial charge in [0.1, 0.15) is 5.75 Å². The van der Waals surface area contributed by atoms with E-state index >= 15 is 0 Å². The Morgan fingerprint density at radius 3 is 2.92 bits per heavy atom. The van der Waals surface area contributed by atoms with E-state index in [0.29, 0.717) is 0 Å². The molecule has 0 saturated carbocycles. The lowest BCUT2D eigenvalue weighted by molar-refractivity contribution is -0.131. The van der Waals surface area contributed by atoms with Gasteiger partial charge in [-0.3, -0.25) is 4.79 Å². The number of carbonyl (C=O) groups is 1. The molecule has 2 aromatic rings. The number of nitrogens with zero attached hydrogens (tertiary/aromatic N) is 1. The predicted molar refractivity (Wildman–Crippen MR) is 96.5 cm³/mol. The fraction of sp³-hybridized carbons (Fsp3) is 0.350. The number of rotatable bonds is 3. The Balaban J connectivity index is 1.54. The zero-order valence-corrected chi connectivity index (χ0v) is 14.6. The van der Waals surface area contributed by atoms with Crippen molar-refractivity contribution in [1.29, 1.82) is 0 Å². The van der Waals surface area contributed by atoms with Gasteiger partial charge in [-0.25, -0.2) is 0 Å². The fourth-order valence-corrected chi connectivity index (χ4v) is 5.00. The lowest BCUT2D eigenvalue weighted by Crippen LogP contribution is -2.37. The molecule has 4 heteroatoms. The summed E-state index contributed by atoms with van der Waals surface area (Å²) >= 11 is 1.72. The second kappa shape index (κ2) is 6.52. The topological polar surface area (TPSA) is 29.5 Å². The van der Waals surface area contributed by atoms with Crippen molar-refractivity contribution < 1.29 is 9.53 Å². The van der Waals surface area contributed by atoms with E-state index in [1.165, 1.54) is 16.0 Å². The van der Waals surface area contributed by atoms with Crippen molar-refractivity contribution in [3.8, 4) is 5.75 Å². The van der Waals surface area contributed by atoms with Crippen LogP contribution in [0.1, 0.15) is 30.0 Å². The molecule has 0 radical (unpaired) electrons. The van der Waals surface area contributed by atoms with Crippen LogP contribution in [0.15, 0.2) is 53.4 Å². The van der Waals surface area contributed by atoms with Gasteiger partial charge in [-0.15, -0.1) is 11.8 Å². The smallest absolute Gasteiger partial charge is 0.236 e. The summed E-state index contributed by atoms with van der Waals surface area (Å²) in [7, 11) is 1.68. The van der Waals surface area contributed by atoms with Crippen LogP contribution in [0.3, 0.4) is 0 Å². The summed E-state index contributed by atoms with van der Waals surface area (Å²) in [6.45, 7) is 0.855. The van der Waals surface area contributed by atoms with Crippen LogP contribution in [0.4, 0.5) is 0 Å². The van der Waals surface area contributed by atoms with Crippen molar-refractivity contribution in [3.63, 3.8) is 0 Å². The third-order valence-electron chi connectivity index (χ3n) is 4.94. The van der Waals surface area contributed by atoms with E-state index in [0.717, 1.165) is 31.6 Å². The molecule has 4 rings (SSSR count). The Kier molecular flexibility index (Phi) is 4.23. The van der Waals surface area contributed by atoms with Gasteiger partial charge in [0.25, 0.3) is 0 Å². The third kappa shape index (κ3) is 2.80. The van der Waals surface area contributed by atoms with E-state index in [1.54, 1.807) is 18.9 Å². The minimum Gasteiger partial charge on any atom is -0.497 e. The zero-order valence-electron chi connectivity index (χ0n) is 13.8. The molecule has 2 atom stereocenters. The second-order valence-electron chi connectivity index (χ2n) is 6.38. The molecule has 24 heavy (non-hydrogen) atoms. The second-order valence-corrected chi connectivity index (χ2v) is 7.63. The van der Waals surface area contributed by atoms with Crippen LogP contribution in [-0.4, -0.2) is 29.7 Å². The highest BCUT2D eigenvalue weighted by Gasteiger charge is 2.37. The maximum atomic E-state index is 13.1. The van der Waals surface area contributed by atoms with Gasteiger partial charge in [0.15, 0.2) is 0 Å². The quantitative estimate of drug-likeness (QED) is 0.844. The summed E-state index contributed by atoms with van der Waals surface area (Å²) in [6.07, 6.45) is 2.95. The van der Waals surface area contributed by atoms with Crippen molar-refractivity contribution in [1.82, 2.24) is 4.90 Å². The van der Waals surface area contributed by atoms with E-state index in [9.17, 15) is 4.79 Å². The molecule has 3 nitrogen and oxygen atoms in total. The highest BCUT2D eigenvalue weighted by atomic mass is 32.2. The minimum absolute atomic E-state index is 0.0219. The molecule has 0 aromatic heterocycles. The number of methoxy groups -OCH3 is 1. The first-order chi connectivity index (χ1) is 11.8. The number of likely N-dealkylation sites (tertiary alicyclic amines) is 1. The van der Waals surface area contributed by atoms with Crippen molar-refractivity contribution in [2.24, 2.45) is 0 Å². The Hall–Kier alpha value is -1.94. The van der Waals surface area contributed by atoms with E-state index in [2.05, 4.69) is 35.2 Å². The normalized spacial score (nSPS) is 22.5. The molecule has 0 N–H and O–H groups in total. The highest BCUT2D eigenvalue weighted by molar-refractivity contribution is 8.01. The Bertz CT molecular complexity index is 736.